The van der Waals surface area contributed by atoms with Crippen LogP contribution in [0.5, 0.6) is 0 Å². The van der Waals surface area contributed by atoms with Crippen molar-refractivity contribution in [3.05, 3.63) is 0 Å². The molecule has 0 fully saturated rings. The first-order valence-electron chi connectivity index (χ1n) is 2.83. The molecule has 0 aliphatic heterocycles. The van der Waals surface area contributed by atoms with Gasteiger partial charge >= 0.3 is 0 Å². The summed E-state index contributed by atoms with van der Waals surface area (Å²) in [4.78, 5) is 8.19. The fourth-order valence-corrected chi connectivity index (χ4v) is 0. The molecule has 0 aliphatic carbocycles. The maximum atomic E-state index is 8.19. The van der Waals surface area contributed by atoms with Crippen molar-refractivity contribution in [3.8, 4) is 0 Å². The van der Waals surface area contributed by atoms with E-state index in [-0.39, 0.29) is 0 Å². The lowest BCUT2D eigenvalue weighted by Gasteiger charge is -1.76. The van der Waals surface area contributed by atoms with E-state index in [4.69, 9.17) is 4.80 Å². The molecule has 0 heterocycles. The SMILES string of the molecule is C[SiH](C)O.[CH3][AlH][CH3]. The van der Waals surface area contributed by atoms with Gasteiger partial charge in [-0.1, -0.05) is 0 Å². The molecule has 7 heavy (non-hydrogen) atoms. The van der Waals surface area contributed by atoms with Crippen molar-refractivity contribution < 1.29 is 4.80 Å². The van der Waals surface area contributed by atoms with Gasteiger partial charge in [-0.3, -0.25) is 0 Å². The fourth-order valence-electron chi connectivity index (χ4n) is 0. The van der Waals surface area contributed by atoms with Crippen molar-refractivity contribution in [2.75, 3.05) is 0 Å². The highest BCUT2D eigenvalue weighted by atomic mass is 28.3. The Morgan fingerprint density at radius 2 is 1.29 bits per heavy atom. The van der Waals surface area contributed by atoms with Crippen LogP contribution in [0, 0.1) is 0 Å². The van der Waals surface area contributed by atoms with Crippen LogP contribution in [0.3, 0.4) is 0 Å². The third-order valence-electron chi connectivity index (χ3n) is 0. The summed E-state index contributed by atoms with van der Waals surface area (Å²) in [5.41, 5.74) is 0. The first kappa shape index (κ1) is 10.6. The molecule has 0 radical (unpaired) electrons. The highest BCUT2D eigenvalue weighted by molar-refractivity contribution is 6.46. The van der Waals surface area contributed by atoms with Crippen molar-refractivity contribution in [1.82, 2.24) is 0 Å². The molecule has 0 rings (SSSR count). The maximum Gasteiger partial charge on any atom is 0.229 e. The third-order valence-corrected chi connectivity index (χ3v) is 0. The number of rotatable bonds is 0. The van der Waals surface area contributed by atoms with E-state index in [2.05, 4.69) is 11.6 Å². The maximum absolute atomic E-state index is 8.19. The average molecular weight is 134 g/mol. The summed E-state index contributed by atoms with van der Waals surface area (Å²) in [7, 11) is -1.14. The van der Waals surface area contributed by atoms with Crippen molar-refractivity contribution in [2.45, 2.75) is 24.7 Å². The lowest BCUT2D eigenvalue weighted by Crippen LogP contribution is -1.93. The minimum absolute atomic E-state index is 0.417. The predicted molar refractivity (Wildman–Crippen MR) is 40.0 cm³/mol. The van der Waals surface area contributed by atoms with E-state index >= 15 is 0 Å². The molecule has 0 aromatic heterocycles. The minimum Gasteiger partial charge on any atom is -0.435 e. The molecule has 3 heteroatoms. The summed E-state index contributed by atoms with van der Waals surface area (Å²) in [6, 6.07) is 0. The van der Waals surface area contributed by atoms with Gasteiger partial charge in [-0.15, -0.1) is 11.6 Å². The van der Waals surface area contributed by atoms with Crippen LogP contribution < -0.4 is 0 Å². The Bertz CT molecular complexity index is 22.9. The predicted octanol–water partition coefficient (Wildman–Crippen LogP) is 0.481. The van der Waals surface area contributed by atoms with Gasteiger partial charge in [-0.2, -0.15) is 0 Å². The van der Waals surface area contributed by atoms with Crippen LogP contribution in [0.4, 0.5) is 0 Å². The average Bonchev–Trinajstić information content (AvgIpc) is 1.33. The lowest BCUT2D eigenvalue weighted by atomic mass is 11.9. The van der Waals surface area contributed by atoms with E-state index in [0.717, 1.165) is 0 Å². The summed E-state index contributed by atoms with van der Waals surface area (Å²) in [5, 5.41) is 0. The minimum atomic E-state index is -1.14. The van der Waals surface area contributed by atoms with Gasteiger partial charge in [-0.05, 0) is 13.1 Å². The van der Waals surface area contributed by atoms with Crippen LogP contribution in [0.1, 0.15) is 0 Å². The summed E-state index contributed by atoms with van der Waals surface area (Å²) in [6.07, 6.45) is 0. The van der Waals surface area contributed by atoms with Crippen LogP contribution >= 0.6 is 0 Å². The topological polar surface area (TPSA) is 20.2 Å². The van der Waals surface area contributed by atoms with Gasteiger partial charge in [0.25, 0.3) is 0 Å². The Balaban J connectivity index is 0. The van der Waals surface area contributed by atoms with E-state index in [1.54, 1.807) is 0 Å². The lowest BCUT2D eigenvalue weighted by molar-refractivity contribution is 0.587. The van der Waals surface area contributed by atoms with Gasteiger partial charge in [0.2, 0.25) is 15.2 Å². The Morgan fingerprint density at radius 1 is 1.29 bits per heavy atom. The second-order valence-corrected chi connectivity index (χ2v) is 5.40. The zero-order valence-electron chi connectivity index (χ0n) is 5.73. The molecule has 1 N–H and O–H groups in total. The first-order chi connectivity index (χ1) is 3.15. The molecule has 0 atom stereocenters. The van der Waals surface area contributed by atoms with Gasteiger partial charge < -0.3 is 4.80 Å². The molecule has 0 aromatic rings. The van der Waals surface area contributed by atoms with Crippen LogP contribution in [-0.2, 0) is 0 Å². The van der Waals surface area contributed by atoms with Crippen LogP contribution in [-0.4, -0.2) is 29.1 Å². The zero-order valence-corrected chi connectivity index (χ0v) is 8.30. The standard InChI is InChI=1S/C2H8OSi.2CH3.Al.H/c1-4(2)3;;;;/h3-4H,1-2H3;2*1H3;;. The van der Waals surface area contributed by atoms with Crippen LogP contribution in [0.2, 0.25) is 24.7 Å². The second-order valence-electron chi connectivity index (χ2n) is 1.80. The summed E-state index contributed by atoms with van der Waals surface area (Å²) >= 11 is 0.417. The molecular formula is C4H15AlOSi. The molecule has 0 spiro atoms. The Hall–Kier alpha value is 0.709. The van der Waals surface area contributed by atoms with Gasteiger partial charge in [0.1, 0.15) is 0 Å². The van der Waals surface area contributed by atoms with E-state index in [9.17, 15) is 0 Å². The smallest absolute Gasteiger partial charge is 0.229 e. The molecule has 1 nitrogen and oxygen atoms in total. The summed E-state index contributed by atoms with van der Waals surface area (Å²) in [5.74, 6) is 4.53. The Morgan fingerprint density at radius 3 is 1.29 bits per heavy atom. The normalized spacial score (nSPS) is 7.14. The second kappa shape index (κ2) is 9.86. The molecule has 0 bridgehead atoms. The quantitative estimate of drug-likeness (QED) is 0.478. The summed E-state index contributed by atoms with van der Waals surface area (Å²) in [6.45, 7) is 3.72. The van der Waals surface area contributed by atoms with Gasteiger partial charge in [-0.25, -0.2) is 0 Å². The first-order valence-corrected chi connectivity index (χ1v) is 8.48. The largest absolute Gasteiger partial charge is 0.435 e. The summed E-state index contributed by atoms with van der Waals surface area (Å²) < 4.78 is 0. The van der Waals surface area contributed by atoms with Crippen molar-refractivity contribution in [3.63, 3.8) is 0 Å². The van der Waals surface area contributed by atoms with Crippen LogP contribution in [0.15, 0.2) is 0 Å². The highest BCUT2D eigenvalue weighted by Gasteiger charge is 1.74. The molecule has 0 saturated heterocycles. The van der Waals surface area contributed by atoms with E-state index in [0.29, 0.717) is 15.2 Å². The number of hydrogen-bond donors (Lipinski definition) is 1. The van der Waals surface area contributed by atoms with E-state index < -0.39 is 9.04 Å². The fraction of sp³-hybridized carbons (Fsp3) is 1.00. The van der Waals surface area contributed by atoms with Crippen LogP contribution in [0.25, 0.3) is 0 Å². The van der Waals surface area contributed by atoms with Crippen molar-refractivity contribution >= 4 is 24.3 Å². The molecule has 0 amide bonds. The third kappa shape index (κ3) is 296. The monoisotopic (exact) mass is 134 g/mol. The zero-order chi connectivity index (χ0) is 6.28. The Kier molecular flexibility index (Phi) is 15.0. The molecule has 0 aromatic carbocycles. The Labute approximate surface area is 54.2 Å². The highest BCUT2D eigenvalue weighted by Crippen LogP contribution is 1.60. The molecule has 0 unspecified atom stereocenters. The molecular weight excluding hydrogens is 119 g/mol. The van der Waals surface area contributed by atoms with Crippen molar-refractivity contribution in [2.24, 2.45) is 0 Å². The van der Waals surface area contributed by atoms with Gasteiger partial charge in [0, 0.05) is 0 Å². The van der Waals surface area contributed by atoms with Crippen molar-refractivity contribution in [1.29, 1.82) is 0 Å². The number of hydrogen-bond acceptors (Lipinski definition) is 1. The van der Waals surface area contributed by atoms with E-state index in [1.165, 1.54) is 0 Å². The van der Waals surface area contributed by atoms with Gasteiger partial charge in [0.15, 0.2) is 9.04 Å². The van der Waals surface area contributed by atoms with Gasteiger partial charge in [0.05, 0.1) is 0 Å². The molecule has 44 valence electrons. The molecule has 0 aliphatic rings. The molecule has 0 saturated carbocycles. The van der Waals surface area contributed by atoms with E-state index in [1.807, 2.05) is 13.1 Å².